The number of hydrogen-bond donors (Lipinski definition) is 0. The highest BCUT2D eigenvalue weighted by Gasteiger charge is 2.28. The van der Waals surface area contributed by atoms with Crippen molar-refractivity contribution in [2.24, 2.45) is 0 Å². The number of fused-ring (bicyclic) bond motifs is 8. The number of para-hydroxylation sites is 2. The highest BCUT2D eigenvalue weighted by Crippen LogP contribution is 2.53. The van der Waals surface area contributed by atoms with Crippen molar-refractivity contribution < 1.29 is 4.42 Å². The number of hydrogen-bond acceptors (Lipinski definition) is 4. The van der Waals surface area contributed by atoms with Crippen LogP contribution in [0.4, 0.5) is 34.1 Å². The monoisotopic (exact) mass is 784 g/mol. The van der Waals surface area contributed by atoms with E-state index in [2.05, 4.69) is 228 Å². The lowest BCUT2D eigenvalue weighted by molar-refractivity contribution is 0.669. The van der Waals surface area contributed by atoms with Gasteiger partial charge < -0.3 is 14.2 Å². The molecular weight excluding hydrogens is 749 g/mol. The van der Waals surface area contributed by atoms with Crippen molar-refractivity contribution >= 4 is 109 Å². The molecule has 3 nitrogen and oxygen atoms in total. The van der Waals surface area contributed by atoms with Crippen molar-refractivity contribution in [3.05, 3.63) is 218 Å². The molecule has 60 heavy (non-hydrogen) atoms. The van der Waals surface area contributed by atoms with E-state index < -0.39 is 0 Å². The summed E-state index contributed by atoms with van der Waals surface area (Å²) in [5.74, 6) is 0. The summed E-state index contributed by atoms with van der Waals surface area (Å²) < 4.78 is 9.40. The van der Waals surface area contributed by atoms with Crippen LogP contribution in [0, 0.1) is 0 Å². The average Bonchev–Trinajstić information content (AvgIpc) is 3.87. The summed E-state index contributed by atoms with van der Waals surface area (Å²) >= 11 is 1.84. The van der Waals surface area contributed by atoms with Crippen LogP contribution in [0.5, 0.6) is 0 Å². The average molecular weight is 785 g/mol. The molecule has 0 bridgehead atoms. The fourth-order valence-electron chi connectivity index (χ4n) is 9.10. The van der Waals surface area contributed by atoms with Crippen molar-refractivity contribution in [3.63, 3.8) is 0 Å². The Labute approximate surface area is 351 Å². The molecule has 0 aliphatic heterocycles. The van der Waals surface area contributed by atoms with Gasteiger partial charge in [0.05, 0.1) is 22.4 Å². The summed E-state index contributed by atoms with van der Waals surface area (Å²) in [5, 5.41) is 9.35. The van der Waals surface area contributed by atoms with E-state index in [1.54, 1.807) is 0 Å². The molecule has 282 valence electrons. The van der Waals surface area contributed by atoms with Crippen LogP contribution in [-0.4, -0.2) is 0 Å². The lowest BCUT2D eigenvalue weighted by Crippen LogP contribution is -2.17. The maximum atomic E-state index is 6.87. The maximum Gasteiger partial charge on any atom is 0.137 e. The molecule has 12 rings (SSSR count). The predicted molar refractivity (Wildman–Crippen MR) is 256 cm³/mol. The molecule has 0 aliphatic rings. The number of rotatable bonds is 7. The Hall–Kier alpha value is -7.66. The van der Waals surface area contributed by atoms with Gasteiger partial charge in [-0.2, -0.15) is 0 Å². The lowest BCUT2D eigenvalue weighted by atomic mass is 9.96. The topological polar surface area (TPSA) is 19.6 Å². The van der Waals surface area contributed by atoms with Crippen molar-refractivity contribution in [3.8, 4) is 11.1 Å². The number of benzene rings is 10. The Bertz CT molecular complexity index is 3560. The third kappa shape index (κ3) is 5.57. The molecule has 2 aromatic heterocycles. The standard InChI is InChI=1S/C56H36N2OS/c1-4-16-37(17-5-1)43-30-31-49(45-25-13-12-24-44(43)45)58(41-22-8-3-9-23-41)50-32-33-51-55(48-34-38-18-10-11-19-39(38)35-52(48)59-51)56(50)57(40-20-6-2-7-21-40)42-28-29-47-46-26-14-15-27-53(46)60-54(47)36-42/h1-36H. The fraction of sp³-hybridized carbons (Fsp3) is 0. The van der Waals surface area contributed by atoms with Gasteiger partial charge in [0.25, 0.3) is 0 Å². The molecule has 0 aliphatic carbocycles. The Morgan fingerprint density at radius 2 is 0.950 bits per heavy atom. The van der Waals surface area contributed by atoms with E-state index in [0.717, 1.165) is 66.8 Å². The number of anilines is 6. The van der Waals surface area contributed by atoms with Crippen LogP contribution in [0.3, 0.4) is 0 Å². The minimum absolute atomic E-state index is 0.834. The summed E-state index contributed by atoms with van der Waals surface area (Å²) in [6.45, 7) is 0. The summed E-state index contributed by atoms with van der Waals surface area (Å²) in [6.07, 6.45) is 0. The maximum absolute atomic E-state index is 6.87. The van der Waals surface area contributed by atoms with Crippen LogP contribution in [0.25, 0.3) is 74.8 Å². The molecule has 0 unspecified atom stereocenters. The summed E-state index contributed by atoms with van der Waals surface area (Å²) in [5.41, 5.74) is 10.4. The van der Waals surface area contributed by atoms with Crippen molar-refractivity contribution in [2.45, 2.75) is 0 Å². The first-order valence-corrected chi connectivity index (χ1v) is 21.2. The minimum Gasteiger partial charge on any atom is -0.456 e. The first-order chi connectivity index (χ1) is 29.8. The fourth-order valence-corrected chi connectivity index (χ4v) is 10.2. The van der Waals surface area contributed by atoms with Crippen LogP contribution in [0.15, 0.2) is 223 Å². The highest BCUT2D eigenvalue weighted by atomic mass is 32.1. The molecule has 0 radical (unpaired) electrons. The van der Waals surface area contributed by atoms with Gasteiger partial charge in [0.1, 0.15) is 11.2 Å². The number of thiophene rings is 1. The van der Waals surface area contributed by atoms with Crippen LogP contribution in [0.2, 0.25) is 0 Å². The van der Waals surface area contributed by atoms with Crippen LogP contribution >= 0.6 is 11.3 Å². The lowest BCUT2D eigenvalue weighted by Gasteiger charge is -2.34. The molecule has 0 N–H and O–H groups in total. The largest absolute Gasteiger partial charge is 0.456 e. The molecule has 2 heterocycles. The van der Waals surface area contributed by atoms with E-state index in [0.29, 0.717) is 0 Å². The summed E-state index contributed by atoms with van der Waals surface area (Å²) in [4.78, 5) is 4.89. The molecule has 0 amide bonds. The Balaban J connectivity index is 1.21. The second kappa shape index (κ2) is 14.0. The quantitative estimate of drug-likeness (QED) is 0.160. The normalized spacial score (nSPS) is 11.7. The first-order valence-electron chi connectivity index (χ1n) is 20.3. The third-order valence-corrected chi connectivity index (χ3v) is 12.9. The Morgan fingerprint density at radius 3 is 1.72 bits per heavy atom. The van der Waals surface area contributed by atoms with Gasteiger partial charge in [-0.1, -0.05) is 146 Å². The van der Waals surface area contributed by atoms with E-state index in [4.69, 9.17) is 4.42 Å². The minimum atomic E-state index is 0.834. The van der Waals surface area contributed by atoms with Gasteiger partial charge in [0.2, 0.25) is 0 Å². The van der Waals surface area contributed by atoms with E-state index in [-0.39, 0.29) is 0 Å². The Morgan fingerprint density at radius 1 is 0.350 bits per heavy atom. The highest BCUT2D eigenvalue weighted by molar-refractivity contribution is 7.25. The van der Waals surface area contributed by atoms with Crippen LogP contribution in [0.1, 0.15) is 0 Å². The van der Waals surface area contributed by atoms with Crippen LogP contribution < -0.4 is 9.80 Å². The SMILES string of the molecule is c1ccc(-c2ccc(N(c3ccccc3)c3ccc4oc5cc6ccccc6cc5c4c3N(c3ccccc3)c3ccc4c(c3)sc3ccccc34)c3ccccc23)cc1. The van der Waals surface area contributed by atoms with Gasteiger partial charge in [0, 0.05) is 48.0 Å². The molecule has 0 fully saturated rings. The van der Waals surface area contributed by atoms with Gasteiger partial charge in [0.15, 0.2) is 0 Å². The number of furan rings is 1. The van der Waals surface area contributed by atoms with Gasteiger partial charge in [-0.25, -0.2) is 0 Å². The number of nitrogens with zero attached hydrogens (tertiary/aromatic N) is 2. The second-order valence-electron chi connectivity index (χ2n) is 15.3. The van der Waals surface area contributed by atoms with Gasteiger partial charge >= 0.3 is 0 Å². The van der Waals surface area contributed by atoms with E-state index in [1.807, 2.05) is 11.3 Å². The van der Waals surface area contributed by atoms with Crippen LogP contribution in [-0.2, 0) is 0 Å². The summed E-state index contributed by atoms with van der Waals surface area (Å²) in [6, 6.07) is 78.8. The van der Waals surface area contributed by atoms with Crippen molar-refractivity contribution in [1.82, 2.24) is 0 Å². The molecule has 0 saturated carbocycles. The van der Waals surface area contributed by atoms with Crippen molar-refractivity contribution in [2.75, 3.05) is 9.80 Å². The smallest absolute Gasteiger partial charge is 0.137 e. The molecule has 12 aromatic rings. The van der Waals surface area contributed by atoms with Gasteiger partial charge in [-0.05, 0) is 100 Å². The van der Waals surface area contributed by atoms with Gasteiger partial charge in [-0.3, -0.25) is 0 Å². The molecule has 4 heteroatoms. The molecule has 0 spiro atoms. The zero-order valence-corrected chi connectivity index (χ0v) is 33.3. The van der Waals surface area contributed by atoms with E-state index in [1.165, 1.54) is 42.1 Å². The second-order valence-corrected chi connectivity index (χ2v) is 16.4. The molecule has 10 aromatic carbocycles. The third-order valence-electron chi connectivity index (χ3n) is 11.8. The molecule has 0 atom stereocenters. The van der Waals surface area contributed by atoms with E-state index >= 15 is 0 Å². The molecular formula is C56H36N2OS. The summed E-state index contributed by atoms with van der Waals surface area (Å²) in [7, 11) is 0. The molecule has 0 saturated heterocycles. The zero-order valence-electron chi connectivity index (χ0n) is 32.5. The van der Waals surface area contributed by atoms with Gasteiger partial charge in [-0.15, -0.1) is 11.3 Å². The Kier molecular flexibility index (Phi) is 8.03. The van der Waals surface area contributed by atoms with E-state index in [9.17, 15) is 0 Å². The first kappa shape index (κ1) is 34.4. The predicted octanol–water partition coefficient (Wildman–Crippen LogP) is 16.9. The van der Waals surface area contributed by atoms with Crippen molar-refractivity contribution in [1.29, 1.82) is 0 Å². The zero-order chi connectivity index (χ0) is 39.6.